The van der Waals surface area contributed by atoms with Crippen molar-refractivity contribution >= 4 is 5.69 Å². The number of halogens is 1. The van der Waals surface area contributed by atoms with Gasteiger partial charge in [0.2, 0.25) is 0 Å². The summed E-state index contributed by atoms with van der Waals surface area (Å²) in [4.78, 5) is 0. The van der Waals surface area contributed by atoms with Gasteiger partial charge in [-0.05, 0) is 17.7 Å². The maximum atomic E-state index is 13.7. The summed E-state index contributed by atoms with van der Waals surface area (Å²) < 4.78 is 13.7. The topological polar surface area (TPSA) is 107 Å². The first kappa shape index (κ1) is 13.7. The van der Waals surface area contributed by atoms with E-state index < -0.39 is 11.4 Å². The first-order valence-corrected chi connectivity index (χ1v) is 5.03. The molecule has 0 heterocycles. The molecule has 1 aromatic carbocycles. The predicted octanol–water partition coefficient (Wildman–Crippen LogP) is 2.13. The lowest BCUT2D eigenvalue weighted by molar-refractivity contribution is 0.630. The molecule has 0 aliphatic carbocycles. The number of hydrogen-bond acceptors (Lipinski definition) is 5. The van der Waals surface area contributed by atoms with E-state index in [9.17, 15) is 4.39 Å². The van der Waals surface area contributed by atoms with Gasteiger partial charge in [-0.25, -0.2) is 4.39 Å². The Labute approximate surface area is 109 Å². The molecule has 6 heteroatoms. The first-order chi connectivity index (χ1) is 9.15. The standard InChI is InChI=1S/C13H6FN5/c14-11-5-9(3-4-15)1-2-12(11)19-13(8-18)10(6-16)7-17/h1-2,5,19H,3H2. The molecule has 0 saturated carbocycles. The highest BCUT2D eigenvalue weighted by atomic mass is 19.1. The fourth-order valence-electron chi connectivity index (χ4n) is 1.28. The Morgan fingerprint density at radius 1 is 1.11 bits per heavy atom. The third-order valence-electron chi connectivity index (χ3n) is 2.16. The van der Waals surface area contributed by atoms with Crippen LogP contribution in [0.2, 0.25) is 0 Å². The fourth-order valence-corrected chi connectivity index (χ4v) is 1.28. The van der Waals surface area contributed by atoms with E-state index in [0.717, 1.165) is 6.07 Å². The molecule has 0 spiro atoms. The van der Waals surface area contributed by atoms with E-state index in [-0.39, 0.29) is 17.8 Å². The lowest BCUT2D eigenvalue weighted by atomic mass is 10.1. The van der Waals surface area contributed by atoms with Gasteiger partial charge in [-0.2, -0.15) is 21.0 Å². The SMILES string of the molecule is N#CCc1ccc(NC(C#N)=C(C#N)C#N)c(F)c1. The Morgan fingerprint density at radius 2 is 1.79 bits per heavy atom. The summed E-state index contributed by atoms with van der Waals surface area (Å²) in [5.74, 6) is -0.671. The molecule has 1 N–H and O–H groups in total. The second-order valence-corrected chi connectivity index (χ2v) is 3.36. The highest BCUT2D eigenvalue weighted by molar-refractivity contribution is 5.59. The molecular formula is C13H6FN5. The van der Waals surface area contributed by atoms with E-state index in [1.54, 1.807) is 18.2 Å². The Morgan fingerprint density at radius 3 is 2.26 bits per heavy atom. The van der Waals surface area contributed by atoms with Crippen molar-refractivity contribution in [1.29, 1.82) is 21.0 Å². The second kappa shape index (κ2) is 6.40. The Balaban J connectivity index is 3.12. The van der Waals surface area contributed by atoms with Crippen molar-refractivity contribution in [2.75, 3.05) is 5.32 Å². The molecule has 0 radical (unpaired) electrons. The van der Waals surface area contributed by atoms with Gasteiger partial charge in [0, 0.05) is 0 Å². The van der Waals surface area contributed by atoms with Crippen LogP contribution >= 0.6 is 0 Å². The zero-order valence-corrected chi connectivity index (χ0v) is 9.61. The lowest BCUT2D eigenvalue weighted by Crippen LogP contribution is -2.03. The maximum absolute atomic E-state index is 13.7. The minimum Gasteiger partial charge on any atom is -0.343 e. The van der Waals surface area contributed by atoms with Crippen molar-refractivity contribution in [3.05, 3.63) is 40.8 Å². The highest BCUT2D eigenvalue weighted by Crippen LogP contribution is 2.18. The van der Waals surface area contributed by atoms with Gasteiger partial charge in [-0.1, -0.05) is 6.07 Å². The molecule has 0 unspecified atom stereocenters. The summed E-state index contributed by atoms with van der Waals surface area (Å²) in [5.41, 5.74) is -0.296. The van der Waals surface area contributed by atoms with Crippen LogP contribution in [0.1, 0.15) is 5.56 Å². The molecule has 1 aromatic rings. The van der Waals surface area contributed by atoms with Crippen LogP contribution in [0.15, 0.2) is 29.5 Å². The zero-order chi connectivity index (χ0) is 14.3. The van der Waals surface area contributed by atoms with Crippen molar-refractivity contribution < 1.29 is 4.39 Å². The van der Waals surface area contributed by atoms with Crippen LogP contribution in [0.4, 0.5) is 10.1 Å². The summed E-state index contributed by atoms with van der Waals surface area (Å²) in [6, 6.07) is 10.6. The summed E-state index contributed by atoms with van der Waals surface area (Å²) in [6.45, 7) is 0. The van der Waals surface area contributed by atoms with Crippen molar-refractivity contribution in [2.45, 2.75) is 6.42 Å². The van der Waals surface area contributed by atoms with Gasteiger partial charge in [0.15, 0.2) is 5.57 Å². The molecule has 90 valence electrons. The average Bonchev–Trinajstić information content (AvgIpc) is 2.41. The zero-order valence-electron chi connectivity index (χ0n) is 9.61. The number of nitriles is 4. The quantitative estimate of drug-likeness (QED) is 0.828. The van der Waals surface area contributed by atoms with Crippen LogP contribution in [-0.2, 0) is 6.42 Å². The van der Waals surface area contributed by atoms with Crippen LogP contribution in [0.3, 0.4) is 0 Å². The number of benzene rings is 1. The van der Waals surface area contributed by atoms with E-state index in [1.807, 2.05) is 6.07 Å². The molecule has 0 saturated heterocycles. The monoisotopic (exact) mass is 251 g/mol. The van der Waals surface area contributed by atoms with Crippen molar-refractivity contribution in [2.24, 2.45) is 0 Å². The molecule has 0 amide bonds. The van der Waals surface area contributed by atoms with E-state index >= 15 is 0 Å². The van der Waals surface area contributed by atoms with Gasteiger partial charge in [0.25, 0.3) is 0 Å². The van der Waals surface area contributed by atoms with Crippen molar-refractivity contribution in [3.63, 3.8) is 0 Å². The van der Waals surface area contributed by atoms with E-state index in [2.05, 4.69) is 5.32 Å². The Bertz CT molecular complexity index is 676. The van der Waals surface area contributed by atoms with Gasteiger partial charge in [0.1, 0.15) is 29.7 Å². The lowest BCUT2D eigenvalue weighted by Gasteiger charge is -2.06. The fraction of sp³-hybridized carbons (Fsp3) is 0.0769. The largest absolute Gasteiger partial charge is 0.343 e. The molecule has 0 bridgehead atoms. The molecule has 5 nitrogen and oxygen atoms in total. The van der Waals surface area contributed by atoms with Crippen LogP contribution in [0, 0.1) is 51.1 Å². The number of nitrogens with zero attached hydrogens (tertiary/aromatic N) is 4. The number of anilines is 1. The first-order valence-electron chi connectivity index (χ1n) is 5.03. The number of allylic oxidation sites excluding steroid dienone is 2. The van der Waals surface area contributed by atoms with Crippen LogP contribution in [0.5, 0.6) is 0 Å². The summed E-state index contributed by atoms with van der Waals surface area (Å²) in [7, 11) is 0. The molecular weight excluding hydrogens is 245 g/mol. The highest BCUT2D eigenvalue weighted by Gasteiger charge is 2.09. The molecule has 19 heavy (non-hydrogen) atoms. The van der Waals surface area contributed by atoms with E-state index in [1.165, 1.54) is 12.1 Å². The summed E-state index contributed by atoms with van der Waals surface area (Å²) in [6.07, 6.45) is 0.0692. The summed E-state index contributed by atoms with van der Waals surface area (Å²) in [5, 5.41) is 37.0. The molecule has 1 rings (SSSR count). The minimum atomic E-state index is -0.671. The van der Waals surface area contributed by atoms with E-state index in [0.29, 0.717) is 5.56 Å². The van der Waals surface area contributed by atoms with Crippen molar-refractivity contribution in [3.8, 4) is 24.3 Å². The molecule has 0 aromatic heterocycles. The molecule has 0 aliphatic heterocycles. The van der Waals surface area contributed by atoms with Crippen LogP contribution < -0.4 is 5.32 Å². The third-order valence-corrected chi connectivity index (χ3v) is 2.16. The molecule has 0 aliphatic rings. The number of rotatable bonds is 3. The van der Waals surface area contributed by atoms with Gasteiger partial charge in [0.05, 0.1) is 18.2 Å². The van der Waals surface area contributed by atoms with Gasteiger partial charge in [-0.15, -0.1) is 0 Å². The van der Waals surface area contributed by atoms with Gasteiger partial charge in [-0.3, -0.25) is 0 Å². The normalized spacial score (nSPS) is 8.26. The van der Waals surface area contributed by atoms with Crippen LogP contribution in [0.25, 0.3) is 0 Å². The smallest absolute Gasteiger partial charge is 0.163 e. The molecule has 0 fully saturated rings. The van der Waals surface area contributed by atoms with Gasteiger partial charge < -0.3 is 5.32 Å². The predicted molar refractivity (Wildman–Crippen MR) is 63.2 cm³/mol. The number of nitrogens with one attached hydrogen (secondary N) is 1. The summed E-state index contributed by atoms with van der Waals surface area (Å²) >= 11 is 0. The Kier molecular flexibility index (Phi) is 4.62. The second-order valence-electron chi connectivity index (χ2n) is 3.36. The molecule has 0 atom stereocenters. The Hall–Kier alpha value is -3.35. The third kappa shape index (κ3) is 3.30. The average molecular weight is 251 g/mol. The minimum absolute atomic E-state index is 0.0405. The number of hydrogen-bond donors (Lipinski definition) is 1. The maximum Gasteiger partial charge on any atom is 0.163 e. The van der Waals surface area contributed by atoms with Crippen molar-refractivity contribution in [1.82, 2.24) is 0 Å². The van der Waals surface area contributed by atoms with E-state index in [4.69, 9.17) is 21.0 Å². The van der Waals surface area contributed by atoms with Crippen LogP contribution in [-0.4, -0.2) is 0 Å². The van der Waals surface area contributed by atoms with Gasteiger partial charge >= 0.3 is 0 Å².